The van der Waals surface area contributed by atoms with E-state index in [-0.39, 0.29) is 5.54 Å². The van der Waals surface area contributed by atoms with Crippen LogP contribution >= 0.6 is 15.9 Å². The first-order valence-electron chi connectivity index (χ1n) is 7.25. The van der Waals surface area contributed by atoms with Crippen LogP contribution in [0, 0.1) is 5.92 Å². The number of rotatable bonds is 5. The summed E-state index contributed by atoms with van der Waals surface area (Å²) in [4.78, 5) is 2.21. The molecule has 1 saturated carbocycles. The zero-order valence-electron chi connectivity index (χ0n) is 11.8. The third kappa shape index (κ3) is 2.48. The molecular weight excluding hydrogens is 304 g/mol. The van der Waals surface area contributed by atoms with E-state index in [9.17, 15) is 0 Å². The minimum atomic E-state index is 0.182. The van der Waals surface area contributed by atoms with E-state index in [4.69, 9.17) is 0 Å². The Labute approximate surface area is 123 Å². The summed E-state index contributed by atoms with van der Waals surface area (Å²) in [6.07, 6.45) is 7.22. The third-order valence-corrected chi connectivity index (χ3v) is 5.02. The lowest BCUT2D eigenvalue weighted by atomic mass is 9.87. The summed E-state index contributed by atoms with van der Waals surface area (Å²) in [6, 6.07) is 0. The molecule has 106 valence electrons. The molecule has 3 rings (SSSR count). The zero-order valence-corrected chi connectivity index (χ0v) is 13.4. The van der Waals surface area contributed by atoms with Crippen LogP contribution in [0.4, 0.5) is 0 Å². The largest absolute Gasteiger partial charge is 0.308 e. The maximum absolute atomic E-state index is 4.59. The first-order chi connectivity index (χ1) is 9.13. The Hall–Kier alpha value is -0.390. The van der Waals surface area contributed by atoms with Crippen LogP contribution in [0.25, 0.3) is 0 Å². The molecule has 1 N–H and O–H groups in total. The average molecular weight is 327 g/mol. The van der Waals surface area contributed by atoms with E-state index in [1.54, 1.807) is 0 Å². The number of aromatic nitrogens is 2. The van der Waals surface area contributed by atoms with Crippen molar-refractivity contribution in [2.75, 3.05) is 27.2 Å². The van der Waals surface area contributed by atoms with E-state index in [2.05, 4.69) is 50.0 Å². The highest BCUT2D eigenvalue weighted by atomic mass is 79.9. The Morgan fingerprint density at radius 2 is 2.32 bits per heavy atom. The van der Waals surface area contributed by atoms with Crippen molar-refractivity contribution in [2.45, 2.75) is 37.8 Å². The Bertz CT molecular complexity index is 444. The molecule has 5 heteroatoms. The molecule has 2 heterocycles. The third-order valence-electron chi connectivity index (χ3n) is 4.44. The Kier molecular flexibility index (Phi) is 3.71. The van der Waals surface area contributed by atoms with E-state index in [1.807, 2.05) is 6.20 Å². The highest BCUT2D eigenvalue weighted by molar-refractivity contribution is 9.10. The van der Waals surface area contributed by atoms with Gasteiger partial charge in [0.15, 0.2) is 0 Å². The summed E-state index contributed by atoms with van der Waals surface area (Å²) in [5.74, 6) is 0.807. The molecule has 1 aromatic rings. The number of likely N-dealkylation sites (N-methyl/N-ethyl adjacent to an activating group) is 1. The van der Waals surface area contributed by atoms with Crippen LogP contribution in [0.2, 0.25) is 0 Å². The van der Waals surface area contributed by atoms with Gasteiger partial charge in [0.25, 0.3) is 0 Å². The monoisotopic (exact) mass is 326 g/mol. The van der Waals surface area contributed by atoms with Crippen molar-refractivity contribution in [3.63, 3.8) is 0 Å². The van der Waals surface area contributed by atoms with E-state index in [0.29, 0.717) is 0 Å². The van der Waals surface area contributed by atoms with Gasteiger partial charge in [0, 0.05) is 6.54 Å². The Balaban J connectivity index is 1.91. The van der Waals surface area contributed by atoms with Gasteiger partial charge < -0.3 is 10.2 Å². The van der Waals surface area contributed by atoms with Crippen molar-refractivity contribution < 1.29 is 0 Å². The first-order valence-corrected chi connectivity index (χ1v) is 8.04. The molecule has 0 amide bonds. The fraction of sp³-hybridized carbons (Fsp3) is 0.786. The molecule has 0 bridgehead atoms. The molecule has 1 aromatic heterocycles. The summed E-state index contributed by atoms with van der Waals surface area (Å²) < 4.78 is 3.38. The second kappa shape index (κ2) is 5.19. The summed E-state index contributed by atoms with van der Waals surface area (Å²) in [5.41, 5.74) is 1.57. The maximum Gasteiger partial charge on any atom is 0.0730 e. The second-order valence-electron chi connectivity index (χ2n) is 6.14. The summed E-state index contributed by atoms with van der Waals surface area (Å²) in [6.45, 7) is 3.13. The molecule has 2 aliphatic rings. The molecule has 0 radical (unpaired) electrons. The first kappa shape index (κ1) is 13.6. The van der Waals surface area contributed by atoms with E-state index in [0.717, 1.165) is 25.6 Å². The number of nitrogens with one attached hydrogen (secondary N) is 1. The SMILES string of the molecule is CN(C)CCn1ncc(Br)c1C1(C2CC2)CCCN1. The van der Waals surface area contributed by atoms with Crippen molar-refractivity contribution in [1.29, 1.82) is 0 Å². The van der Waals surface area contributed by atoms with Gasteiger partial charge in [-0.1, -0.05) is 0 Å². The molecule has 1 saturated heterocycles. The number of halogens is 1. The van der Waals surface area contributed by atoms with Gasteiger partial charge in [-0.2, -0.15) is 5.10 Å². The molecule has 2 fully saturated rings. The van der Waals surface area contributed by atoms with Gasteiger partial charge in [-0.25, -0.2) is 0 Å². The van der Waals surface area contributed by atoms with Gasteiger partial charge in [0.05, 0.1) is 28.4 Å². The molecule has 1 aliphatic heterocycles. The fourth-order valence-corrected chi connectivity index (χ4v) is 4.01. The van der Waals surface area contributed by atoms with E-state index in [1.165, 1.54) is 35.8 Å². The van der Waals surface area contributed by atoms with Crippen LogP contribution in [-0.2, 0) is 12.1 Å². The topological polar surface area (TPSA) is 33.1 Å². The highest BCUT2D eigenvalue weighted by Gasteiger charge is 2.50. The van der Waals surface area contributed by atoms with Crippen LogP contribution in [-0.4, -0.2) is 41.9 Å². The fourth-order valence-electron chi connectivity index (χ4n) is 3.36. The Morgan fingerprint density at radius 3 is 2.89 bits per heavy atom. The van der Waals surface area contributed by atoms with Gasteiger partial charge in [-0.05, 0) is 68.2 Å². The van der Waals surface area contributed by atoms with Gasteiger partial charge in [-0.3, -0.25) is 4.68 Å². The molecule has 1 aliphatic carbocycles. The molecule has 1 unspecified atom stereocenters. The number of nitrogens with zero attached hydrogens (tertiary/aromatic N) is 3. The smallest absolute Gasteiger partial charge is 0.0730 e. The van der Waals surface area contributed by atoms with Crippen molar-refractivity contribution in [3.8, 4) is 0 Å². The molecular formula is C14H23BrN4. The van der Waals surface area contributed by atoms with E-state index < -0.39 is 0 Å². The minimum Gasteiger partial charge on any atom is -0.308 e. The lowest BCUT2D eigenvalue weighted by Crippen LogP contribution is -2.42. The van der Waals surface area contributed by atoms with Crippen LogP contribution in [0.15, 0.2) is 10.7 Å². The molecule has 0 aromatic carbocycles. The van der Waals surface area contributed by atoms with Gasteiger partial charge in [-0.15, -0.1) is 0 Å². The lowest BCUT2D eigenvalue weighted by Gasteiger charge is -2.31. The van der Waals surface area contributed by atoms with E-state index >= 15 is 0 Å². The van der Waals surface area contributed by atoms with Crippen LogP contribution in [0.3, 0.4) is 0 Å². The standard InChI is InChI=1S/C14H23BrN4/c1-18(2)8-9-19-13(12(15)10-17-19)14(11-4-5-11)6-3-7-16-14/h10-11,16H,3-9H2,1-2H3. The maximum atomic E-state index is 4.59. The molecule has 4 nitrogen and oxygen atoms in total. The van der Waals surface area contributed by atoms with Crippen LogP contribution < -0.4 is 5.32 Å². The number of hydrogen-bond donors (Lipinski definition) is 1. The minimum absolute atomic E-state index is 0.182. The van der Waals surface area contributed by atoms with Crippen LogP contribution in [0.1, 0.15) is 31.4 Å². The molecule has 19 heavy (non-hydrogen) atoms. The second-order valence-corrected chi connectivity index (χ2v) is 7.00. The summed E-state index contributed by atoms with van der Waals surface area (Å²) in [5, 5.41) is 8.39. The highest BCUT2D eigenvalue weighted by Crippen LogP contribution is 2.51. The van der Waals surface area contributed by atoms with Gasteiger partial charge in [0.1, 0.15) is 0 Å². The van der Waals surface area contributed by atoms with Crippen molar-refractivity contribution in [1.82, 2.24) is 20.0 Å². The predicted octanol–water partition coefficient (Wildman–Crippen LogP) is 2.20. The quantitative estimate of drug-likeness (QED) is 0.900. The number of hydrogen-bond acceptors (Lipinski definition) is 3. The molecule has 1 atom stereocenters. The van der Waals surface area contributed by atoms with Crippen molar-refractivity contribution in [2.24, 2.45) is 5.92 Å². The predicted molar refractivity (Wildman–Crippen MR) is 80.1 cm³/mol. The zero-order chi connectivity index (χ0) is 13.5. The average Bonchev–Trinajstić information content (AvgIpc) is 3.00. The van der Waals surface area contributed by atoms with Crippen molar-refractivity contribution in [3.05, 3.63) is 16.4 Å². The van der Waals surface area contributed by atoms with Crippen molar-refractivity contribution >= 4 is 15.9 Å². The van der Waals surface area contributed by atoms with Gasteiger partial charge in [0.2, 0.25) is 0 Å². The lowest BCUT2D eigenvalue weighted by molar-refractivity contribution is 0.293. The Morgan fingerprint density at radius 1 is 1.53 bits per heavy atom. The van der Waals surface area contributed by atoms with Gasteiger partial charge >= 0.3 is 0 Å². The van der Waals surface area contributed by atoms with Crippen LogP contribution in [0.5, 0.6) is 0 Å². The summed E-state index contributed by atoms with van der Waals surface area (Å²) in [7, 11) is 4.23. The normalized spacial score (nSPS) is 27.4. The molecule has 0 spiro atoms. The summed E-state index contributed by atoms with van der Waals surface area (Å²) >= 11 is 3.73.